The molecular weight excluding hydrogens is 326 g/mol. The van der Waals surface area contributed by atoms with Gasteiger partial charge >= 0.3 is 0 Å². The van der Waals surface area contributed by atoms with Gasteiger partial charge < -0.3 is 9.73 Å². The molecule has 0 aliphatic heterocycles. The summed E-state index contributed by atoms with van der Waals surface area (Å²) in [6.07, 6.45) is 2.59. The lowest BCUT2D eigenvalue weighted by Crippen LogP contribution is -2.14. The summed E-state index contributed by atoms with van der Waals surface area (Å²) in [5.41, 5.74) is 1.14. The molecule has 21 heavy (non-hydrogen) atoms. The third-order valence-electron chi connectivity index (χ3n) is 3.94. The Morgan fingerprint density at radius 2 is 1.81 bits per heavy atom. The van der Waals surface area contributed by atoms with Crippen LogP contribution in [0.4, 0.5) is 0 Å². The molecule has 2 aromatic carbocycles. The van der Waals surface area contributed by atoms with Gasteiger partial charge in [-0.3, -0.25) is 0 Å². The minimum Gasteiger partial charge on any atom is -0.460 e. The van der Waals surface area contributed by atoms with E-state index in [-0.39, 0.29) is 0 Å². The quantitative estimate of drug-likeness (QED) is 0.712. The van der Waals surface area contributed by atoms with Gasteiger partial charge in [-0.1, -0.05) is 40.2 Å². The average molecular weight is 342 g/mol. The first-order valence-electron chi connectivity index (χ1n) is 7.31. The summed E-state index contributed by atoms with van der Waals surface area (Å²) >= 11 is 3.62. The van der Waals surface area contributed by atoms with Crippen molar-refractivity contribution in [1.29, 1.82) is 0 Å². The number of hydrogen-bond donors (Lipinski definition) is 1. The molecule has 4 rings (SSSR count). The molecular formula is C18H16BrNO. The largest absolute Gasteiger partial charge is 0.460 e. The fourth-order valence-corrected chi connectivity index (χ4v) is 3.11. The van der Waals surface area contributed by atoms with Gasteiger partial charge in [0.15, 0.2) is 0 Å². The number of halogens is 1. The summed E-state index contributed by atoms with van der Waals surface area (Å²) in [6.45, 7) is 0.819. The fourth-order valence-electron chi connectivity index (χ4n) is 2.63. The second-order valence-corrected chi connectivity index (χ2v) is 6.42. The molecule has 1 aromatic heterocycles. The Morgan fingerprint density at radius 1 is 1.00 bits per heavy atom. The second kappa shape index (κ2) is 5.32. The number of rotatable bonds is 4. The zero-order chi connectivity index (χ0) is 14.2. The Morgan fingerprint density at radius 3 is 2.62 bits per heavy atom. The SMILES string of the molecule is Brc1ccc(-c2ccc(CNC3CC3)o2)c2ccccc12. The lowest BCUT2D eigenvalue weighted by Gasteiger charge is -2.06. The van der Waals surface area contributed by atoms with Crippen molar-refractivity contribution in [1.82, 2.24) is 5.32 Å². The summed E-state index contributed by atoms with van der Waals surface area (Å²) in [4.78, 5) is 0. The van der Waals surface area contributed by atoms with Crippen LogP contribution in [0.2, 0.25) is 0 Å². The molecule has 1 N–H and O–H groups in total. The van der Waals surface area contributed by atoms with Crippen molar-refractivity contribution < 1.29 is 4.42 Å². The molecule has 1 aliphatic rings. The smallest absolute Gasteiger partial charge is 0.134 e. The molecule has 1 saturated carbocycles. The molecule has 0 atom stereocenters. The molecule has 0 bridgehead atoms. The molecule has 0 spiro atoms. The van der Waals surface area contributed by atoms with Gasteiger partial charge in [-0.05, 0) is 47.9 Å². The van der Waals surface area contributed by atoms with Crippen molar-refractivity contribution in [3.05, 3.63) is 58.8 Å². The number of furan rings is 1. The van der Waals surface area contributed by atoms with Crippen LogP contribution in [0, 0.1) is 0 Å². The lowest BCUT2D eigenvalue weighted by atomic mass is 10.0. The molecule has 0 amide bonds. The Kier molecular flexibility index (Phi) is 3.32. The van der Waals surface area contributed by atoms with E-state index in [9.17, 15) is 0 Å². The van der Waals surface area contributed by atoms with Crippen molar-refractivity contribution in [2.45, 2.75) is 25.4 Å². The van der Waals surface area contributed by atoms with Crippen molar-refractivity contribution in [2.75, 3.05) is 0 Å². The standard InChI is InChI=1S/C18H16BrNO/c19-17-9-8-16(14-3-1-2-4-15(14)17)18-10-7-13(21-18)11-20-12-5-6-12/h1-4,7-10,12,20H,5-6,11H2. The maximum Gasteiger partial charge on any atom is 0.134 e. The van der Waals surface area contributed by atoms with Gasteiger partial charge in [-0.15, -0.1) is 0 Å². The van der Waals surface area contributed by atoms with Crippen LogP contribution >= 0.6 is 15.9 Å². The van der Waals surface area contributed by atoms with E-state index in [4.69, 9.17) is 4.42 Å². The topological polar surface area (TPSA) is 25.2 Å². The summed E-state index contributed by atoms with van der Waals surface area (Å²) in [6, 6.07) is 17.4. The highest BCUT2D eigenvalue weighted by Gasteiger charge is 2.20. The lowest BCUT2D eigenvalue weighted by molar-refractivity contribution is 0.493. The third kappa shape index (κ3) is 2.63. The Labute approximate surface area is 132 Å². The molecule has 3 heteroatoms. The molecule has 0 saturated heterocycles. The summed E-state index contributed by atoms with van der Waals surface area (Å²) in [5, 5.41) is 5.91. The van der Waals surface area contributed by atoms with Crippen LogP contribution < -0.4 is 5.32 Å². The average Bonchev–Trinajstić information content (AvgIpc) is 3.23. The first-order valence-corrected chi connectivity index (χ1v) is 8.10. The minimum atomic E-state index is 0.701. The van der Waals surface area contributed by atoms with Gasteiger partial charge in [0.25, 0.3) is 0 Å². The first-order chi connectivity index (χ1) is 10.3. The van der Waals surface area contributed by atoms with E-state index in [1.165, 1.54) is 23.6 Å². The molecule has 106 valence electrons. The molecule has 3 aromatic rings. The van der Waals surface area contributed by atoms with Crippen molar-refractivity contribution >= 4 is 26.7 Å². The highest BCUT2D eigenvalue weighted by atomic mass is 79.9. The maximum absolute atomic E-state index is 6.02. The zero-order valence-corrected chi connectivity index (χ0v) is 13.2. The second-order valence-electron chi connectivity index (χ2n) is 5.56. The zero-order valence-electron chi connectivity index (χ0n) is 11.6. The Hall–Kier alpha value is -1.58. The van der Waals surface area contributed by atoms with E-state index < -0.39 is 0 Å². The van der Waals surface area contributed by atoms with Crippen LogP contribution in [-0.4, -0.2) is 6.04 Å². The van der Waals surface area contributed by atoms with Crippen LogP contribution in [0.1, 0.15) is 18.6 Å². The summed E-state index contributed by atoms with van der Waals surface area (Å²) < 4.78 is 7.13. The third-order valence-corrected chi connectivity index (χ3v) is 4.63. The monoisotopic (exact) mass is 341 g/mol. The Balaban J connectivity index is 1.70. The van der Waals surface area contributed by atoms with Gasteiger partial charge in [0.05, 0.1) is 6.54 Å². The van der Waals surface area contributed by atoms with Crippen LogP contribution in [0.5, 0.6) is 0 Å². The first kappa shape index (κ1) is 13.1. The molecule has 1 heterocycles. The van der Waals surface area contributed by atoms with E-state index >= 15 is 0 Å². The number of fused-ring (bicyclic) bond motifs is 1. The predicted octanol–water partition coefficient (Wildman–Crippen LogP) is 5.11. The molecule has 1 aliphatic carbocycles. The normalized spacial score (nSPS) is 14.7. The molecule has 1 fully saturated rings. The van der Waals surface area contributed by atoms with Crippen LogP contribution in [-0.2, 0) is 6.54 Å². The number of benzene rings is 2. The predicted molar refractivity (Wildman–Crippen MR) is 89.2 cm³/mol. The van der Waals surface area contributed by atoms with Gasteiger partial charge in [-0.2, -0.15) is 0 Å². The van der Waals surface area contributed by atoms with Crippen LogP contribution in [0.3, 0.4) is 0 Å². The van der Waals surface area contributed by atoms with E-state index in [1.54, 1.807) is 0 Å². The van der Waals surface area contributed by atoms with Gasteiger partial charge in [0, 0.05) is 16.1 Å². The summed E-state index contributed by atoms with van der Waals surface area (Å²) in [7, 11) is 0. The van der Waals surface area contributed by atoms with Crippen LogP contribution in [0.15, 0.2) is 57.4 Å². The molecule has 0 unspecified atom stereocenters. The van der Waals surface area contributed by atoms with Crippen molar-refractivity contribution in [2.24, 2.45) is 0 Å². The van der Waals surface area contributed by atoms with E-state index in [1.807, 2.05) is 0 Å². The number of hydrogen-bond acceptors (Lipinski definition) is 2. The number of nitrogens with one attached hydrogen (secondary N) is 1. The van der Waals surface area contributed by atoms with Crippen LogP contribution in [0.25, 0.3) is 22.1 Å². The van der Waals surface area contributed by atoms with Gasteiger partial charge in [0.1, 0.15) is 11.5 Å². The van der Waals surface area contributed by atoms with Gasteiger partial charge in [0.2, 0.25) is 0 Å². The fraction of sp³-hybridized carbons (Fsp3) is 0.222. The van der Waals surface area contributed by atoms with Crippen molar-refractivity contribution in [3.8, 4) is 11.3 Å². The van der Waals surface area contributed by atoms with E-state index in [2.05, 4.69) is 69.8 Å². The van der Waals surface area contributed by atoms with E-state index in [0.717, 1.165) is 28.1 Å². The van der Waals surface area contributed by atoms with E-state index in [0.29, 0.717) is 6.04 Å². The minimum absolute atomic E-state index is 0.701. The van der Waals surface area contributed by atoms with Gasteiger partial charge in [-0.25, -0.2) is 0 Å². The Bertz CT molecular complexity index is 789. The highest BCUT2D eigenvalue weighted by molar-refractivity contribution is 9.10. The maximum atomic E-state index is 6.02. The van der Waals surface area contributed by atoms with Crippen molar-refractivity contribution in [3.63, 3.8) is 0 Å². The summed E-state index contributed by atoms with van der Waals surface area (Å²) in [5.74, 6) is 1.94. The highest BCUT2D eigenvalue weighted by Crippen LogP contribution is 2.34. The molecule has 0 radical (unpaired) electrons. The molecule has 2 nitrogen and oxygen atoms in total.